The Bertz CT molecular complexity index is 892. The van der Waals surface area contributed by atoms with Crippen LogP contribution in [0.25, 0.3) is 0 Å². The van der Waals surface area contributed by atoms with Gasteiger partial charge in [-0.25, -0.2) is 4.98 Å². The van der Waals surface area contributed by atoms with E-state index in [1.807, 2.05) is 18.5 Å². The summed E-state index contributed by atoms with van der Waals surface area (Å²) < 4.78 is 6.82. The van der Waals surface area contributed by atoms with Crippen molar-refractivity contribution in [2.24, 2.45) is 7.05 Å². The quantitative estimate of drug-likeness (QED) is 0.636. The molecule has 0 aliphatic carbocycles. The van der Waals surface area contributed by atoms with E-state index in [0.29, 0.717) is 23.0 Å². The molecule has 0 aliphatic rings. The Hall–Kier alpha value is -2.43. The fraction of sp³-hybridized carbons (Fsp3) is 0.200. The van der Waals surface area contributed by atoms with Gasteiger partial charge in [-0.3, -0.25) is 10.1 Å². The molecular weight excluding hydrogens is 360 g/mol. The molecule has 0 aliphatic heterocycles. The minimum atomic E-state index is -0.309. The molecular formula is C15H16N6O2S2. The Morgan fingerprint density at radius 2 is 2.32 bits per heavy atom. The second kappa shape index (κ2) is 7.64. The zero-order chi connectivity index (χ0) is 17.8. The van der Waals surface area contributed by atoms with Gasteiger partial charge in [-0.2, -0.15) is 0 Å². The summed E-state index contributed by atoms with van der Waals surface area (Å²) in [4.78, 5) is 17.7. The maximum absolute atomic E-state index is 12.5. The van der Waals surface area contributed by atoms with Gasteiger partial charge in [0, 0.05) is 30.1 Å². The summed E-state index contributed by atoms with van der Waals surface area (Å²) in [6.45, 7) is 0.401. The van der Waals surface area contributed by atoms with Crippen molar-refractivity contribution in [3.8, 4) is 0 Å². The predicted molar refractivity (Wildman–Crippen MR) is 96.8 cm³/mol. The van der Waals surface area contributed by atoms with Crippen molar-refractivity contribution in [3.63, 3.8) is 0 Å². The van der Waals surface area contributed by atoms with Crippen molar-refractivity contribution in [1.82, 2.24) is 19.7 Å². The minimum Gasteiger partial charge on any atom is -0.398 e. The number of nitrogens with zero attached hydrogens (tertiary/aromatic N) is 4. The average molecular weight is 376 g/mol. The van der Waals surface area contributed by atoms with Crippen LogP contribution in [0.1, 0.15) is 16.1 Å². The molecule has 1 amide bonds. The molecule has 3 aromatic rings. The highest BCUT2D eigenvalue weighted by Gasteiger charge is 2.14. The van der Waals surface area contributed by atoms with Gasteiger partial charge in [0.2, 0.25) is 0 Å². The number of rotatable bonds is 6. The molecule has 3 N–H and O–H groups in total. The number of amides is 1. The van der Waals surface area contributed by atoms with Gasteiger partial charge >= 0.3 is 0 Å². The maximum atomic E-state index is 12.5. The molecule has 1 aromatic carbocycles. The average Bonchev–Trinajstić information content (AvgIpc) is 3.19. The molecule has 2 aromatic heterocycles. The lowest BCUT2D eigenvalue weighted by atomic mass is 10.1. The number of nitrogens with one attached hydrogen (secondary N) is 1. The van der Waals surface area contributed by atoms with E-state index in [1.54, 1.807) is 30.1 Å². The van der Waals surface area contributed by atoms with E-state index in [2.05, 4.69) is 20.5 Å². The van der Waals surface area contributed by atoms with E-state index in [0.717, 1.165) is 15.7 Å². The molecule has 8 nitrogen and oxygen atoms in total. The number of anilines is 2. The van der Waals surface area contributed by atoms with Crippen molar-refractivity contribution in [2.45, 2.75) is 16.7 Å². The van der Waals surface area contributed by atoms with Crippen molar-refractivity contribution in [1.29, 1.82) is 0 Å². The SMILES string of the molecule is COCc1csc(NC(=O)c2cc(Sc3nncn3C)ccc2N)n1. The molecule has 3 rings (SSSR count). The lowest BCUT2D eigenvalue weighted by Crippen LogP contribution is -2.14. The normalized spacial score (nSPS) is 10.8. The Kier molecular flexibility index (Phi) is 5.31. The summed E-state index contributed by atoms with van der Waals surface area (Å²) in [5.41, 5.74) is 7.51. The number of aryl methyl sites for hydroxylation is 1. The van der Waals surface area contributed by atoms with Gasteiger partial charge in [-0.1, -0.05) is 0 Å². The van der Waals surface area contributed by atoms with Gasteiger partial charge in [0.05, 0.1) is 17.9 Å². The van der Waals surface area contributed by atoms with E-state index in [9.17, 15) is 4.79 Å². The number of carbonyl (C=O) groups excluding carboxylic acids is 1. The monoisotopic (exact) mass is 376 g/mol. The third-order valence-electron chi connectivity index (χ3n) is 3.21. The van der Waals surface area contributed by atoms with Crippen LogP contribution >= 0.6 is 23.1 Å². The number of hydrogen-bond acceptors (Lipinski definition) is 8. The van der Waals surface area contributed by atoms with Crippen LogP contribution in [0.15, 0.2) is 40.0 Å². The first-order valence-electron chi connectivity index (χ1n) is 7.23. The fourth-order valence-electron chi connectivity index (χ4n) is 2.01. The van der Waals surface area contributed by atoms with Gasteiger partial charge in [-0.15, -0.1) is 21.5 Å². The van der Waals surface area contributed by atoms with Gasteiger partial charge in [0.25, 0.3) is 5.91 Å². The van der Waals surface area contributed by atoms with Gasteiger partial charge in [0.15, 0.2) is 10.3 Å². The summed E-state index contributed by atoms with van der Waals surface area (Å²) in [6, 6.07) is 5.27. The number of nitrogens with two attached hydrogens (primary N) is 1. The summed E-state index contributed by atoms with van der Waals surface area (Å²) in [5.74, 6) is -0.309. The van der Waals surface area contributed by atoms with Crippen molar-refractivity contribution >= 4 is 39.8 Å². The number of thiazole rings is 1. The van der Waals surface area contributed by atoms with Crippen molar-refractivity contribution in [3.05, 3.63) is 41.2 Å². The van der Waals surface area contributed by atoms with Crippen molar-refractivity contribution < 1.29 is 9.53 Å². The number of ether oxygens (including phenoxy) is 1. The van der Waals surface area contributed by atoms with Gasteiger partial charge < -0.3 is 15.0 Å². The first-order chi connectivity index (χ1) is 12.1. The molecule has 25 heavy (non-hydrogen) atoms. The molecule has 10 heteroatoms. The van der Waals surface area contributed by atoms with Crippen LogP contribution in [-0.4, -0.2) is 32.8 Å². The molecule has 0 radical (unpaired) electrons. The summed E-state index contributed by atoms with van der Waals surface area (Å²) in [6.07, 6.45) is 1.62. The minimum absolute atomic E-state index is 0.309. The first-order valence-corrected chi connectivity index (χ1v) is 8.92. The summed E-state index contributed by atoms with van der Waals surface area (Å²) in [7, 11) is 3.45. The number of aromatic nitrogens is 4. The third kappa shape index (κ3) is 4.16. The number of hydrogen-bond donors (Lipinski definition) is 2. The Labute approximate surface area is 152 Å². The highest BCUT2D eigenvalue weighted by Crippen LogP contribution is 2.28. The Morgan fingerprint density at radius 3 is 3.04 bits per heavy atom. The number of carbonyl (C=O) groups is 1. The first kappa shape index (κ1) is 17.4. The second-order valence-electron chi connectivity index (χ2n) is 5.11. The molecule has 0 fully saturated rings. The zero-order valence-corrected chi connectivity index (χ0v) is 15.2. The molecule has 0 saturated carbocycles. The van der Waals surface area contributed by atoms with E-state index in [4.69, 9.17) is 10.5 Å². The summed E-state index contributed by atoms with van der Waals surface area (Å²) in [5, 5.41) is 13.7. The van der Waals surface area contributed by atoms with Gasteiger partial charge in [0.1, 0.15) is 6.33 Å². The van der Waals surface area contributed by atoms with E-state index < -0.39 is 0 Å². The van der Waals surface area contributed by atoms with Crippen LogP contribution in [-0.2, 0) is 18.4 Å². The molecule has 130 valence electrons. The number of nitrogen functional groups attached to an aromatic ring is 1. The highest BCUT2D eigenvalue weighted by atomic mass is 32.2. The zero-order valence-electron chi connectivity index (χ0n) is 13.6. The molecule has 0 atom stereocenters. The lowest BCUT2D eigenvalue weighted by molar-refractivity contribution is 0.102. The van der Waals surface area contributed by atoms with E-state index in [-0.39, 0.29) is 5.91 Å². The highest BCUT2D eigenvalue weighted by molar-refractivity contribution is 7.99. The number of methoxy groups -OCH3 is 1. The van der Waals surface area contributed by atoms with E-state index in [1.165, 1.54) is 23.1 Å². The molecule has 0 unspecified atom stereocenters. The van der Waals surface area contributed by atoms with Crippen LogP contribution in [0, 0.1) is 0 Å². The van der Waals surface area contributed by atoms with Crippen LogP contribution in [0.2, 0.25) is 0 Å². The number of benzene rings is 1. The maximum Gasteiger partial charge on any atom is 0.259 e. The Morgan fingerprint density at radius 1 is 1.48 bits per heavy atom. The lowest BCUT2D eigenvalue weighted by Gasteiger charge is -2.08. The predicted octanol–water partition coefficient (Wildman–Crippen LogP) is 2.40. The molecule has 0 saturated heterocycles. The smallest absolute Gasteiger partial charge is 0.259 e. The molecule has 0 bridgehead atoms. The second-order valence-corrected chi connectivity index (χ2v) is 7.01. The standard InChI is InChI=1S/C15H16N6O2S2/c1-21-8-17-20-15(21)25-10-3-4-12(16)11(5-10)13(22)19-14-18-9(6-23-2)7-24-14/h3-5,7-8H,6,16H2,1-2H3,(H,18,19,22). The van der Waals surface area contributed by atoms with Crippen LogP contribution in [0.3, 0.4) is 0 Å². The largest absolute Gasteiger partial charge is 0.398 e. The third-order valence-corrected chi connectivity index (χ3v) is 5.06. The van der Waals surface area contributed by atoms with Crippen LogP contribution < -0.4 is 11.1 Å². The molecule has 0 spiro atoms. The van der Waals surface area contributed by atoms with Crippen LogP contribution in [0.5, 0.6) is 0 Å². The molecule has 2 heterocycles. The van der Waals surface area contributed by atoms with Crippen LogP contribution in [0.4, 0.5) is 10.8 Å². The van der Waals surface area contributed by atoms with E-state index >= 15 is 0 Å². The Balaban J connectivity index is 1.77. The van der Waals surface area contributed by atoms with Crippen molar-refractivity contribution in [2.75, 3.05) is 18.2 Å². The topological polar surface area (TPSA) is 108 Å². The fourth-order valence-corrected chi connectivity index (χ4v) is 3.50. The van der Waals surface area contributed by atoms with Gasteiger partial charge in [-0.05, 0) is 30.0 Å². The summed E-state index contributed by atoms with van der Waals surface area (Å²) >= 11 is 2.74.